The van der Waals surface area contributed by atoms with Crippen molar-refractivity contribution in [2.24, 2.45) is 11.8 Å². The fourth-order valence-electron chi connectivity index (χ4n) is 2.16. The topological polar surface area (TPSA) is 96.5 Å². The summed E-state index contributed by atoms with van der Waals surface area (Å²) >= 11 is 1.30. The Morgan fingerprint density at radius 1 is 1.61 bits per heavy atom. The van der Waals surface area contributed by atoms with E-state index in [2.05, 4.69) is 4.98 Å². The van der Waals surface area contributed by atoms with E-state index in [4.69, 9.17) is 10.8 Å². The molecule has 3 N–H and O–H groups in total. The third-order valence-electron chi connectivity index (χ3n) is 3.18. The van der Waals surface area contributed by atoms with Crippen LogP contribution in [0.5, 0.6) is 0 Å². The molecule has 18 heavy (non-hydrogen) atoms. The van der Waals surface area contributed by atoms with Crippen molar-refractivity contribution in [3.8, 4) is 0 Å². The quantitative estimate of drug-likeness (QED) is 0.830. The molecule has 7 heteroatoms. The van der Waals surface area contributed by atoms with Crippen molar-refractivity contribution in [2.75, 3.05) is 18.8 Å². The molecule has 0 aliphatic carbocycles. The normalized spacial score (nSPS) is 23.3. The predicted molar refractivity (Wildman–Crippen MR) is 67.1 cm³/mol. The number of carboxylic acids is 1. The van der Waals surface area contributed by atoms with Gasteiger partial charge >= 0.3 is 5.97 Å². The van der Waals surface area contributed by atoms with Gasteiger partial charge in [-0.15, -0.1) is 11.3 Å². The van der Waals surface area contributed by atoms with Gasteiger partial charge in [0.2, 0.25) is 5.91 Å². The average Bonchev–Trinajstić information content (AvgIpc) is 2.85. The average molecular weight is 269 g/mol. The van der Waals surface area contributed by atoms with Crippen LogP contribution < -0.4 is 5.73 Å². The number of amides is 1. The molecular formula is C11H15N3O3S. The highest BCUT2D eigenvalue weighted by Crippen LogP contribution is 2.24. The highest BCUT2D eigenvalue weighted by molar-refractivity contribution is 7.13. The molecule has 1 amide bonds. The minimum atomic E-state index is -0.837. The summed E-state index contributed by atoms with van der Waals surface area (Å²) in [7, 11) is 0. The maximum Gasteiger partial charge on any atom is 0.308 e. The molecule has 0 aromatic carbocycles. The van der Waals surface area contributed by atoms with Crippen LogP contribution in [0, 0.1) is 11.8 Å². The minimum absolute atomic E-state index is 0.00745. The molecule has 6 nitrogen and oxygen atoms in total. The van der Waals surface area contributed by atoms with Crippen LogP contribution in [-0.2, 0) is 16.0 Å². The molecule has 1 aromatic heterocycles. The largest absolute Gasteiger partial charge is 0.481 e. The van der Waals surface area contributed by atoms with Crippen molar-refractivity contribution >= 4 is 28.3 Å². The SMILES string of the molecule is C[C@@H]1CN(C(=O)Cc2csc(N)n2)C[C@H]1C(=O)O. The number of anilines is 1. The Hall–Kier alpha value is -1.63. The van der Waals surface area contributed by atoms with Gasteiger partial charge in [-0.05, 0) is 5.92 Å². The second kappa shape index (κ2) is 4.93. The maximum atomic E-state index is 12.0. The summed E-state index contributed by atoms with van der Waals surface area (Å²) in [5.41, 5.74) is 6.14. The van der Waals surface area contributed by atoms with E-state index in [-0.39, 0.29) is 24.8 Å². The standard InChI is InChI=1S/C11H15N3O3S/c1-6-3-14(4-8(6)10(16)17)9(15)2-7-5-18-11(12)13-7/h5-6,8H,2-4H2,1H3,(H2,12,13)(H,16,17)/t6-,8-/m1/s1. The third-order valence-corrected chi connectivity index (χ3v) is 3.91. The van der Waals surface area contributed by atoms with E-state index in [9.17, 15) is 9.59 Å². The van der Waals surface area contributed by atoms with Gasteiger partial charge in [0, 0.05) is 18.5 Å². The van der Waals surface area contributed by atoms with Gasteiger partial charge in [-0.25, -0.2) is 4.98 Å². The van der Waals surface area contributed by atoms with Crippen molar-refractivity contribution in [2.45, 2.75) is 13.3 Å². The Balaban J connectivity index is 1.97. The first-order chi connectivity index (χ1) is 8.47. The minimum Gasteiger partial charge on any atom is -0.481 e. The molecule has 0 radical (unpaired) electrons. The van der Waals surface area contributed by atoms with E-state index in [0.717, 1.165) is 0 Å². The lowest BCUT2D eigenvalue weighted by Crippen LogP contribution is -2.31. The molecule has 1 aliphatic rings. The number of carbonyl (C=O) groups is 2. The van der Waals surface area contributed by atoms with E-state index in [1.165, 1.54) is 11.3 Å². The van der Waals surface area contributed by atoms with E-state index >= 15 is 0 Å². The number of thiazole rings is 1. The number of aromatic nitrogens is 1. The predicted octanol–water partition coefficient (Wildman–Crippen LogP) is 0.447. The van der Waals surface area contributed by atoms with Gasteiger partial charge in [-0.2, -0.15) is 0 Å². The van der Waals surface area contributed by atoms with Gasteiger partial charge in [0.05, 0.1) is 18.0 Å². The lowest BCUT2D eigenvalue weighted by molar-refractivity contribution is -0.142. The zero-order valence-electron chi connectivity index (χ0n) is 10.00. The highest BCUT2D eigenvalue weighted by atomic mass is 32.1. The Labute approximate surface area is 108 Å². The number of nitrogens with two attached hydrogens (primary N) is 1. The zero-order chi connectivity index (χ0) is 13.3. The number of nitrogen functional groups attached to an aromatic ring is 1. The molecule has 1 saturated heterocycles. The van der Waals surface area contributed by atoms with Gasteiger partial charge in [0.15, 0.2) is 5.13 Å². The summed E-state index contributed by atoms with van der Waals surface area (Å²) in [5, 5.41) is 11.2. The molecule has 1 aliphatic heterocycles. The number of nitrogens with zero attached hydrogens (tertiary/aromatic N) is 2. The number of aliphatic carboxylic acids is 1. The van der Waals surface area contributed by atoms with E-state index in [1.807, 2.05) is 6.92 Å². The lowest BCUT2D eigenvalue weighted by atomic mass is 9.99. The van der Waals surface area contributed by atoms with Crippen LogP contribution in [0.3, 0.4) is 0 Å². The van der Waals surface area contributed by atoms with Crippen molar-refractivity contribution in [3.05, 3.63) is 11.1 Å². The third kappa shape index (κ3) is 2.61. The molecule has 2 atom stereocenters. The van der Waals surface area contributed by atoms with Gasteiger partial charge in [-0.1, -0.05) is 6.92 Å². The summed E-state index contributed by atoms with van der Waals surface area (Å²) in [4.78, 5) is 28.6. The lowest BCUT2D eigenvalue weighted by Gasteiger charge is -2.14. The first kappa shape index (κ1) is 12.8. The highest BCUT2D eigenvalue weighted by Gasteiger charge is 2.36. The first-order valence-electron chi connectivity index (χ1n) is 5.68. The number of carboxylic acid groups (broad SMARTS) is 1. The van der Waals surface area contributed by atoms with Crippen molar-refractivity contribution in [3.63, 3.8) is 0 Å². The Bertz CT molecular complexity index is 474. The fraction of sp³-hybridized carbons (Fsp3) is 0.545. The number of likely N-dealkylation sites (tertiary alicyclic amines) is 1. The number of rotatable bonds is 3. The summed E-state index contributed by atoms with van der Waals surface area (Å²) in [6.45, 7) is 2.64. The van der Waals surface area contributed by atoms with Crippen molar-refractivity contribution in [1.29, 1.82) is 0 Å². The molecule has 0 saturated carbocycles. The van der Waals surface area contributed by atoms with Gasteiger partial charge in [-0.3, -0.25) is 9.59 Å². The smallest absolute Gasteiger partial charge is 0.308 e. The molecule has 2 heterocycles. The summed E-state index contributed by atoms with van der Waals surface area (Å²) < 4.78 is 0. The zero-order valence-corrected chi connectivity index (χ0v) is 10.8. The monoisotopic (exact) mass is 269 g/mol. The van der Waals surface area contributed by atoms with Crippen LogP contribution in [0.2, 0.25) is 0 Å². The van der Waals surface area contributed by atoms with Crippen LogP contribution in [0.15, 0.2) is 5.38 Å². The van der Waals surface area contributed by atoms with Crippen LogP contribution in [0.25, 0.3) is 0 Å². The summed E-state index contributed by atoms with van der Waals surface area (Å²) in [6, 6.07) is 0. The molecule has 1 fully saturated rings. The van der Waals surface area contributed by atoms with Crippen LogP contribution in [0.4, 0.5) is 5.13 Å². The first-order valence-corrected chi connectivity index (χ1v) is 6.55. The summed E-state index contributed by atoms with van der Waals surface area (Å²) in [6.07, 6.45) is 0.187. The molecule has 0 unspecified atom stereocenters. The van der Waals surface area contributed by atoms with E-state index < -0.39 is 11.9 Å². The number of hydrogen-bond acceptors (Lipinski definition) is 5. The molecule has 1 aromatic rings. The van der Waals surface area contributed by atoms with Crippen LogP contribution in [-0.4, -0.2) is 40.0 Å². The molecule has 98 valence electrons. The van der Waals surface area contributed by atoms with Gasteiger partial charge < -0.3 is 15.7 Å². The van der Waals surface area contributed by atoms with Crippen LogP contribution in [0.1, 0.15) is 12.6 Å². The Morgan fingerprint density at radius 3 is 2.83 bits per heavy atom. The molecule has 0 bridgehead atoms. The molecule has 2 rings (SSSR count). The van der Waals surface area contributed by atoms with Crippen LogP contribution >= 0.6 is 11.3 Å². The Kier molecular flexibility index (Phi) is 3.51. The van der Waals surface area contributed by atoms with E-state index in [1.54, 1.807) is 10.3 Å². The maximum absolute atomic E-state index is 12.0. The molecular weight excluding hydrogens is 254 g/mol. The van der Waals surface area contributed by atoms with Crippen molar-refractivity contribution in [1.82, 2.24) is 9.88 Å². The van der Waals surface area contributed by atoms with Gasteiger partial charge in [0.25, 0.3) is 0 Å². The second-order valence-electron chi connectivity index (χ2n) is 4.57. The van der Waals surface area contributed by atoms with Gasteiger partial charge in [0.1, 0.15) is 0 Å². The molecule has 0 spiro atoms. The summed E-state index contributed by atoms with van der Waals surface area (Å²) in [5.74, 6) is -1.40. The van der Waals surface area contributed by atoms with E-state index in [0.29, 0.717) is 17.4 Å². The fourth-order valence-corrected chi connectivity index (χ4v) is 2.73. The van der Waals surface area contributed by atoms with Crippen molar-refractivity contribution < 1.29 is 14.7 Å². The Morgan fingerprint density at radius 2 is 2.33 bits per heavy atom. The second-order valence-corrected chi connectivity index (χ2v) is 5.46. The number of hydrogen-bond donors (Lipinski definition) is 2. The number of carbonyl (C=O) groups excluding carboxylic acids is 1.